The second-order valence-corrected chi connectivity index (χ2v) is 4.20. The summed E-state index contributed by atoms with van der Waals surface area (Å²) in [5.74, 6) is -0.452. The number of aliphatic hydroxyl groups is 2. The van der Waals surface area contributed by atoms with Crippen molar-refractivity contribution in [3.8, 4) is 0 Å². The van der Waals surface area contributed by atoms with Crippen LogP contribution in [0.1, 0.15) is 23.8 Å². The second-order valence-electron chi connectivity index (χ2n) is 3.77. The highest BCUT2D eigenvalue weighted by Crippen LogP contribution is 2.11. The van der Waals surface area contributed by atoms with E-state index in [0.29, 0.717) is 11.4 Å². The average molecular weight is 259 g/mol. The fourth-order valence-corrected chi connectivity index (χ4v) is 1.37. The minimum Gasteiger partial charge on any atom is -0.394 e. The van der Waals surface area contributed by atoms with E-state index in [2.05, 4.69) is 10.3 Å². The third kappa shape index (κ3) is 3.39. The molecule has 1 aromatic heterocycles. The van der Waals surface area contributed by atoms with E-state index in [0.717, 1.165) is 0 Å². The smallest absolute Gasteiger partial charge is 0.270 e. The molecular weight excluding hydrogens is 244 g/mol. The molecule has 0 unspecified atom stereocenters. The van der Waals surface area contributed by atoms with Crippen LogP contribution in [0, 0.1) is 0 Å². The minimum absolute atomic E-state index is 0.189. The fourth-order valence-electron chi connectivity index (χ4n) is 1.26. The van der Waals surface area contributed by atoms with Crippen LogP contribution < -0.4 is 5.32 Å². The van der Waals surface area contributed by atoms with Crippen molar-refractivity contribution < 1.29 is 15.0 Å². The Hall–Kier alpha value is -1.17. The Balaban J connectivity index is 2.81. The first-order valence-electron chi connectivity index (χ1n) is 5.22. The van der Waals surface area contributed by atoms with Gasteiger partial charge in [0.1, 0.15) is 5.69 Å². The quantitative estimate of drug-likeness (QED) is 0.722. The van der Waals surface area contributed by atoms with Crippen LogP contribution in [0.2, 0.25) is 5.02 Å². The van der Waals surface area contributed by atoms with Crippen molar-refractivity contribution in [3.05, 3.63) is 29.0 Å². The number of nitrogens with one attached hydrogen (secondary N) is 1. The van der Waals surface area contributed by atoms with E-state index >= 15 is 0 Å². The molecule has 0 spiro atoms. The molecule has 0 saturated heterocycles. The summed E-state index contributed by atoms with van der Waals surface area (Å²) in [6, 6.07) is 3.03. The van der Waals surface area contributed by atoms with Crippen LogP contribution in [0.5, 0.6) is 0 Å². The molecule has 0 atom stereocenters. The van der Waals surface area contributed by atoms with E-state index in [-0.39, 0.29) is 18.9 Å². The van der Waals surface area contributed by atoms with Gasteiger partial charge in [-0.25, -0.2) is 4.98 Å². The molecule has 1 aromatic rings. The van der Waals surface area contributed by atoms with Crippen molar-refractivity contribution in [1.82, 2.24) is 10.3 Å². The number of carbonyl (C=O) groups is 1. The summed E-state index contributed by atoms with van der Waals surface area (Å²) in [7, 11) is 0. The Bertz CT molecular complexity index is 369. The normalized spacial score (nSPS) is 11.3. The maximum Gasteiger partial charge on any atom is 0.270 e. The SMILES string of the molecule is CCC(CO)(CO)NC(=O)c1ccc(Cl)cn1. The van der Waals surface area contributed by atoms with Crippen LogP contribution in [-0.2, 0) is 0 Å². The number of nitrogens with zero attached hydrogens (tertiary/aromatic N) is 1. The highest BCUT2D eigenvalue weighted by Gasteiger charge is 2.29. The molecule has 0 radical (unpaired) electrons. The van der Waals surface area contributed by atoms with Crippen molar-refractivity contribution in [2.75, 3.05) is 13.2 Å². The lowest BCUT2D eigenvalue weighted by Gasteiger charge is -2.29. The maximum atomic E-state index is 11.8. The standard InChI is InChI=1S/C11H15ClN2O3/c1-2-11(6-15,7-16)14-10(17)9-4-3-8(12)5-13-9/h3-5,15-16H,2,6-7H2,1H3,(H,14,17). The fraction of sp³-hybridized carbons (Fsp3) is 0.455. The topological polar surface area (TPSA) is 82.5 Å². The zero-order valence-electron chi connectivity index (χ0n) is 9.48. The molecule has 1 amide bonds. The summed E-state index contributed by atoms with van der Waals surface area (Å²) in [5, 5.41) is 21.4. The van der Waals surface area contributed by atoms with E-state index in [4.69, 9.17) is 11.6 Å². The number of hydrogen-bond acceptors (Lipinski definition) is 4. The average Bonchev–Trinajstić information content (AvgIpc) is 2.37. The molecule has 0 bridgehead atoms. The Morgan fingerprint density at radius 1 is 1.47 bits per heavy atom. The monoisotopic (exact) mass is 258 g/mol. The van der Waals surface area contributed by atoms with Crippen molar-refractivity contribution in [3.63, 3.8) is 0 Å². The summed E-state index contributed by atoms with van der Waals surface area (Å²) in [6.45, 7) is 1.10. The van der Waals surface area contributed by atoms with Gasteiger partial charge in [0.2, 0.25) is 0 Å². The molecule has 0 aliphatic heterocycles. The summed E-state index contributed by atoms with van der Waals surface area (Å²) in [4.78, 5) is 15.7. The van der Waals surface area contributed by atoms with E-state index in [1.54, 1.807) is 13.0 Å². The first-order valence-corrected chi connectivity index (χ1v) is 5.60. The number of carbonyl (C=O) groups excluding carboxylic acids is 1. The van der Waals surface area contributed by atoms with Gasteiger partial charge in [-0.1, -0.05) is 18.5 Å². The highest BCUT2D eigenvalue weighted by molar-refractivity contribution is 6.30. The van der Waals surface area contributed by atoms with Crippen LogP contribution in [0.25, 0.3) is 0 Å². The molecule has 3 N–H and O–H groups in total. The van der Waals surface area contributed by atoms with Gasteiger partial charge in [-0.05, 0) is 18.6 Å². The second kappa shape index (κ2) is 5.95. The van der Waals surface area contributed by atoms with Gasteiger partial charge in [0.05, 0.1) is 23.8 Å². The summed E-state index contributed by atoms with van der Waals surface area (Å²) >= 11 is 5.66. The van der Waals surface area contributed by atoms with Gasteiger partial charge in [-0.3, -0.25) is 4.79 Å². The number of pyridine rings is 1. The van der Waals surface area contributed by atoms with Crippen molar-refractivity contribution in [2.24, 2.45) is 0 Å². The third-order valence-electron chi connectivity index (χ3n) is 2.62. The number of aliphatic hydroxyl groups excluding tert-OH is 2. The molecule has 6 heteroatoms. The lowest BCUT2D eigenvalue weighted by molar-refractivity contribution is 0.0649. The molecule has 94 valence electrons. The maximum absolute atomic E-state index is 11.8. The predicted octanol–water partition coefficient (Wildman–Crippen LogP) is 0.598. The lowest BCUT2D eigenvalue weighted by atomic mass is 9.98. The Morgan fingerprint density at radius 3 is 2.53 bits per heavy atom. The molecule has 0 aliphatic carbocycles. The van der Waals surface area contributed by atoms with Gasteiger partial charge in [0.25, 0.3) is 5.91 Å². The number of hydrogen-bond donors (Lipinski definition) is 3. The summed E-state index contributed by atoms with van der Waals surface area (Å²) < 4.78 is 0. The first-order chi connectivity index (χ1) is 8.06. The number of aromatic nitrogens is 1. The molecule has 0 saturated carbocycles. The zero-order valence-corrected chi connectivity index (χ0v) is 10.2. The molecule has 5 nitrogen and oxygen atoms in total. The summed E-state index contributed by atoms with van der Waals surface area (Å²) in [5.41, 5.74) is -0.826. The van der Waals surface area contributed by atoms with E-state index in [1.807, 2.05) is 0 Å². The molecule has 1 rings (SSSR count). The number of amides is 1. The largest absolute Gasteiger partial charge is 0.394 e. The Kier molecular flexibility index (Phi) is 4.86. The minimum atomic E-state index is -1.02. The van der Waals surface area contributed by atoms with Gasteiger partial charge >= 0.3 is 0 Å². The highest BCUT2D eigenvalue weighted by atomic mass is 35.5. The molecule has 1 heterocycles. The molecule has 0 fully saturated rings. The van der Waals surface area contributed by atoms with Gasteiger partial charge < -0.3 is 15.5 Å². The zero-order chi connectivity index (χ0) is 12.9. The predicted molar refractivity (Wildman–Crippen MR) is 63.9 cm³/mol. The van der Waals surface area contributed by atoms with Gasteiger partial charge in [-0.15, -0.1) is 0 Å². The molecule has 17 heavy (non-hydrogen) atoms. The lowest BCUT2D eigenvalue weighted by Crippen LogP contribution is -2.53. The third-order valence-corrected chi connectivity index (χ3v) is 2.84. The van der Waals surface area contributed by atoms with Crippen molar-refractivity contribution in [2.45, 2.75) is 18.9 Å². The Labute approximate surface area is 104 Å². The van der Waals surface area contributed by atoms with Gasteiger partial charge in [-0.2, -0.15) is 0 Å². The van der Waals surface area contributed by atoms with E-state index in [9.17, 15) is 15.0 Å². The van der Waals surface area contributed by atoms with Crippen LogP contribution in [-0.4, -0.2) is 39.9 Å². The summed E-state index contributed by atoms with van der Waals surface area (Å²) in [6.07, 6.45) is 1.78. The van der Waals surface area contributed by atoms with Crippen molar-refractivity contribution >= 4 is 17.5 Å². The van der Waals surface area contributed by atoms with E-state index < -0.39 is 11.4 Å². The van der Waals surface area contributed by atoms with Crippen LogP contribution in [0.3, 0.4) is 0 Å². The Morgan fingerprint density at radius 2 is 2.12 bits per heavy atom. The number of rotatable bonds is 5. The van der Waals surface area contributed by atoms with Crippen molar-refractivity contribution in [1.29, 1.82) is 0 Å². The van der Waals surface area contributed by atoms with Crippen LogP contribution >= 0.6 is 11.6 Å². The first kappa shape index (κ1) is 13.9. The van der Waals surface area contributed by atoms with E-state index in [1.165, 1.54) is 12.3 Å². The van der Waals surface area contributed by atoms with Gasteiger partial charge in [0, 0.05) is 6.20 Å². The van der Waals surface area contributed by atoms with Crippen LogP contribution in [0.15, 0.2) is 18.3 Å². The van der Waals surface area contributed by atoms with Crippen LogP contribution in [0.4, 0.5) is 0 Å². The molecular formula is C11H15ClN2O3. The van der Waals surface area contributed by atoms with Gasteiger partial charge in [0.15, 0.2) is 0 Å². The molecule has 0 aromatic carbocycles. The molecule has 0 aliphatic rings. The number of halogens is 1.